The summed E-state index contributed by atoms with van der Waals surface area (Å²) >= 11 is 3.00. The van der Waals surface area contributed by atoms with Crippen LogP contribution in [0.2, 0.25) is 0 Å². The normalized spacial score (nSPS) is 13.2. The van der Waals surface area contributed by atoms with Crippen molar-refractivity contribution in [2.75, 3.05) is 5.32 Å². The van der Waals surface area contributed by atoms with Crippen LogP contribution in [0, 0.1) is 0 Å². The Kier molecular flexibility index (Phi) is 4.61. The van der Waals surface area contributed by atoms with Crippen molar-refractivity contribution in [3.05, 3.63) is 28.2 Å². The van der Waals surface area contributed by atoms with Gasteiger partial charge < -0.3 is 11.1 Å². The lowest BCUT2D eigenvalue weighted by atomic mass is 10.1. The van der Waals surface area contributed by atoms with Crippen LogP contribution in [-0.2, 0) is 11.0 Å². The van der Waals surface area contributed by atoms with Gasteiger partial charge in [-0.2, -0.15) is 13.2 Å². The van der Waals surface area contributed by atoms with E-state index in [4.69, 9.17) is 5.73 Å². The second-order valence-corrected chi connectivity index (χ2v) is 4.65. The number of primary amides is 1. The molecule has 0 spiro atoms. The van der Waals surface area contributed by atoms with Crippen LogP contribution in [-0.4, -0.2) is 11.9 Å². The van der Waals surface area contributed by atoms with Gasteiger partial charge in [0.15, 0.2) is 0 Å². The topological polar surface area (TPSA) is 55.1 Å². The molecule has 3 N–H and O–H groups in total. The molecular formula is C11H12BrF3N2O. The van der Waals surface area contributed by atoms with Crippen molar-refractivity contribution in [1.29, 1.82) is 0 Å². The SMILES string of the molecule is CCC(Nc1cc(Br)cc(C(F)(F)F)c1)C(N)=O. The van der Waals surface area contributed by atoms with Crippen LogP contribution in [0.15, 0.2) is 22.7 Å². The number of hydrogen-bond acceptors (Lipinski definition) is 2. The van der Waals surface area contributed by atoms with Gasteiger partial charge in [-0.05, 0) is 24.6 Å². The number of rotatable bonds is 4. The van der Waals surface area contributed by atoms with Crippen LogP contribution in [0.5, 0.6) is 0 Å². The summed E-state index contributed by atoms with van der Waals surface area (Å²) < 4.78 is 38.0. The molecule has 0 fully saturated rings. The van der Waals surface area contributed by atoms with E-state index in [0.29, 0.717) is 6.42 Å². The highest BCUT2D eigenvalue weighted by molar-refractivity contribution is 9.10. The fraction of sp³-hybridized carbons (Fsp3) is 0.364. The summed E-state index contributed by atoms with van der Waals surface area (Å²) in [5, 5.41) is 2.68. The van der Waals surface area contributed by atoms with E-state index in [0.717, 1.165) is 12.1 Å². The molecule has 0 aliphatic carbocycles. The molecule has 18 heavy (non-hydrogen) atoms. The maximum atomic E-state index is 12.6. The minimum Gasteiger partial charge on any atom is -0.374 e. The summed E-state index contributed by atoms with van der Waals surface area (Å²) in [6, 6.07) is 2.67. The van der Waals surface area contributed by atoms with Gasteiger partial charge in [-0.3, -0.25) is 4.79 Å². The van der Waals surface area contributed by atoms with Gasteiger partial charge in [0.05, 0.1) is 5.56 Å². The lowest BCUT2D eigenvalue weighted by Gasteiger charge is -2.16. The number of alkyl halides is 3. The number of benzene rings is 1. The van der Waals surface area contributed by atoms with E-state index in [1.54, 1.807) is 6.92 Å². The van der Waals surface area contributed by atoms with E-state index in [9.17, 15) is 18.0 Å². The van der Waals surface area contributed by atoms with Crippen molar-refractivity contribution in [2.45, 2.75) is 25.6 Å². The maximum absolute atomic E-state index is 12.6. The van der Waals surface area contributed by atoms with Gasteiger partial charge in [0, 0.05) is 10.2 Å². The van der Waals surface area contributed by atoms with Gasteiger partial charge in [-0.15, -0.1) is 0 Å². The van der Waals surface area contributed by atoms with Crippen LogP contribution < -0.4 is 11.1 Å². The highest BCUT2D eigenvalue weighted by Gasteiger charge is 2.31. The van der Waals surface area contributed by atoms with E-state index in [1.807, 2.05) is 0 Å². The molecule has 1 unspecified atom stereocenters. The second kappa shape index (κ2) is 5.60. The molecule has 1 aromatic carbocycles. The Morgan fingerprint density at radius 2 is 2.06 bits per heavy atom. The molecule has 1 amide bonds. The predicted octanol–water partition coefficient (Wildman–Crippen LogP) is 3.14. The molecule has 0 heterocycles. The molecule has 0 radical (unpaired) electrons. The number of halogens is 4. The number of hydrogen-bond donors (Lipinski definition) is 2. The maximum Gasteiger partial charge on any atom is 0.416 e. The third-order valence-electron chi connectivity index (χ3n) is 2.32. The van der Waals surface area contributed by atoms with Gasteiger partial charge in [0.1, 0.15) is 6.04 Å². The van der Waals surface area contributed by atoms with Crippen molar-refractivity contribution in [3.63, 3.8) is 0 Å². The highest BCUT2D eigenvalue weighted by Crippen LogP contribution is 2.33. The zero-order valence-electron chi connectivity index (χ0n) is 9.51. The van der Waals surface area contributed by atoms with E-state index in [-0.39, 0.29) is 10.2 Å². The third-order valence-corrected chi connectivity index (χ3v) is 2.78. The quantitative estimate of drug-likeness (QED) is 0.893. The van der Waals surface area contributed by atoms with Gasteiger partial charge in [-0.25, -0.2) is 0 Å². The fourth-order valence-corrected chi connectivity index (χ4v) is 1.91. The summed E-state index contributed by atoms with van der Waals surface area (Å²) in [5.41, 5.74) is 4.53. The Morgan fingerprint density at radius 3 is 2.50 bits per heavy atom. The minimum atomic E-state index is -4.44. The molecule has 7 heteroatoms. The Hall–Kier alpha value is -1.24. The smallest absolute Gasteiger partial charge is 0.374 e. The lowest BCUT2D eigenvalue weighted by molar-refractivity contribution is -0.137. The van der Waals surface area contributed by atoms with Gasteiger partial charge in [0.25, 0.3) is 0 Å². The molecule has 0 bridgehead atoms. The second-order valence-electron chi connectivity index (χ2n) is 3.73. The predicted molar refractivity (Wildman–Crippen MR) is 66.0 cm³/mol. The summed E-state index contributed by atoms with van der Waals surface area (Å²) in [6.07, 6.45) is -4.04. The zero-order chi connectivity index (χ0) is 13.9. The summed E-state index contributed by atoms with van der Waals surface area (Å²) in [4.78, 5) is 11.0. The third kappa shape index (κ3) is 3.90. The van der Waals surface area contributed by atoms with Crippen LogP contribution >= 0.6 is 15.9 Å². The Balaban J connectivity index is 3.03. The number of anilines is 1. The van der Waals surface area contributed by atoms with Crippen molar-refractivity contribution in [1.82, 2.24) is 0 Å². The van der Waals surface area contributed by atoms with Gasteiger partial charge >= 0.3 is 6.18 Å². The largest absolute Gasteiger partial charge is 0.416 e. The number of amides is 1. The van der Waals surface area contributed by atoms with Crippen molar-refractivity contribution >= 4 is 27.5 Å². The van der Waals surface area contributed by atoms with Crippen LogP contribution in [0.25, 0.3) is 0 Å². The first-order valence-electron chi connectivity index (χ1n) is 5.17. The summed E-state index contributed by atoms with van der Waals surface area (Å²) in [6.45, 7) is 1.71. The first-order chi connectivity index (χ1) is 8.24. The van der Waals surface area contributed by atoms with Crippen LogP contribution in [0.1, 0.15) is 18.9 Å². The van der Waals surface area contributed by atoms with E-state index in [2.05, 4.69) is 21.2 Å². The molecule has 0 aromatic heterocycles. The van der Waals surface area contributed by atoms with Crippen LogP contribution in [0.3, 0.4) is 0 Å². The molecular weight excluding hydrogens is 313 g/mol. The van der Waals surface area contributed by atoms with E-state index in [1.165, 1.54) is 6.07 Å². The van der Waals surface area contributed by atoms with E-state index >= 15 is 0 Å². The molecule has 0 aliphatic rings. The molecule has 0 aliphatic heterocycles. The Bertz CT molecular complexity index is 448. The van der Waals surface area contributed by atoms with E-state index < -0.39 is 23.7 Å². The monoisotopic (exact) mass is 324 g/mol. The summed E-state index contributed by atoms with van der Waals surface area (Å²) in [7, 11) is 0. The molecule has 3 nitrogen and oxygen atoms in total. The number of nitrogens with one attached hydrogen (secondary N) is 1. The number of nitrogens with two attached hydrogens (primary N) is 1. The fourth-order valence-electron chi connectivity index (χ4n) is 1.41. The lowest BCUT2D eigenvalue weighted by Crippen LogP contribution is -2.34. The molecule has 1 rings (SSSR count). The molecule has 1 aromatic rings. The first-order valence-corrected chi connectivity index (χ1v) is 5.97. The minimum absolute atomic E-state index is 0.197. The van der Waals surface area contributed by atoms with Gasteiger partial charge in [0.2, 0.25) is 5.91 Å². The average molecular weight is 325 g/mol. The average Bonchev–Trinajstić information content (AvgIpc) is 2.23. The number of carbonyl (C=O) groups excluding carboxylic acids is 1. The van der Waals surface area contributed by atoms with Crippen molar-refractivity contribution < 1.29 is 18.0 Å². The Labute approximate surface area is 111 Å². The standard InChI is InChI=1S/C11H12BrF3N2O/c1-2-9(10(16)18)17-8-4-6(11(13,14)15)3-7(12)5-8/h3-5,9,17H,2H2,1H3,(H2,16,18). The summed E-state index contributed by atoms with van der Waals surface area (Å²) in [5.74, 6) is -0.606. The molecule has 100 valence electrons. The zero-order valence-corrected chi connectivity index (χ0v) is 11.1. The first kappa shape index (κ1) is 14.8. The van der Waals surface area contributed by atoms with Crippen molar-refractivity contribution in [3.8, 4) is 0 Å². The molecule has 0 saturated heterocycles. The number of carbonyl (C=O) groups is 1. The van der Waals surface area contributed by atoms with Crippen molar-refractivity contribution in [2.24, 2.45) is 5.73 Å². The highest BCUT2D eigenvalue weighted by atomic mass is 79.9. The Morgan fingerprint density at radius 1 is 1.44 bits per heavy atom. The molecule has 0 saturated carbocycles. The van der Waals surface area contributed by atoms with Gasteiger partial charge in [-0.1, -0.05) is 22.9 Å². The molecule has 1 atom stereocenters. The van der Waals surface area contributed by atoms with Crippen LogP contribution in [0.4, 0.5) is 18.9 Å².